The number of carbonyl (C=O) groups excluding carboxylic acids is 1. The quantitative estimate of drug-likeness (QED) is 0.0303. The normalized spacial score (nSPS) is 17.8. The first-order chi connectivity index (χ1) is 30.0. The lowest BCUT2D eigenvalue weighted by Gasteiger charge is -2.43. The number of aromatic amines is 1. The molecule has 16 heteroatoms. The summed E-state index contributed by atoms with van der Waals surface area (Å²) in [4.78, 5) is 47.6. The van der Waals surface area contributed by atoms with Gasteiger partial charge in [-0.05, 0) is 126 Å². The number of rotatable bonds is 15. The highest BCUT2D eigenvalue weighted by Crippen LogP contribution is 2.44. The van der Waals surface area contributed by atoms with Crippen LogP contribution in [-0.4, -0.2) is 85.0 Å². The molecule has 2 aliphatic heterocycles. The largest absolute Gasteiger partial charge is 0.455 e. The number of fused-ring (bicyclic) bond motifs is 1. The summed E-state index contributed by atoms with van der Waals surface area (Å²) in [5.74, 6) is 0.788. The van der Waals surface area contributed by atoms with Gasteiger partial charge in [-0.3, -0.25) is 19.6 Å². The van der Waals surface area contributed by atoms with E-state index in [1.165, 1.54) is 22.8 Å². The van der Waals surface area contributed by atoms with Gasteiger partial charge in [0.25, 0.3) is 11.6 Å². The SMILES string of the molecule is COO[N+]1(CC2=C(c3ccc(Cl)cc3)CC(C)(C)CC2)CCN(c2ccc(C(=O)NSc3ccc(NCC4CCOCC4)c([N+](=O)[O-])c3)c(Oc3cnc4[nH]ccc4c3)c2)CC1. The number of nitro groups is 1. The number of hydroxylamine groups is 3. The van der Waals surface area contributed by atoms with Crippen LogP contribution in [0.25, 0.3) is 16.6 Å². The Kier molecular flexibility index (Phi) is 13.4. The molecule has 0 radical (unpaired) electrons. The Labute approximate surface area is 370 Å². The monoisotopic (exact) mass is 882 g/mol. The lowest BCUT2D eigenvalue weighted by molar-refractivity contribution is -1.15. The summed E-state index contributed by atoms with van der Waals surface area (Å²) in [6.45, 7) is 10.0. The Morgan fingerprint density at radius 2 is 1.87 bits per heavy atom. The van der Waals surface area contributed by atoms with E-state index in [4.69, 9.17) is 31.0 Å². The molecule has 2 aromatic heterocycles. The highest BCUT2D eigenvalue weighted by molar-refractivity contribution is 7.98. The molecule has 3 aromatic carbocycles. The van der Waals surface area contributed by atoms with Crippen molar-refractivity contribution in [1.82, 2.24) is 14.7 Å². The molecule has 2 saturated heterocycles. The number of nitrogens with one attached hydrogen (secondary N) is 3. The molecule has 1 amide bonds. The van der Waals surface area contributed by atoms with E-state index in [9.17, 15) is 14.9 Å². The Morgan fingerprint density at radius 3 is 2.63 bits per heavy atom. The van der Waals surface area contributed by atoms with Crippen molar-refractivity contribution in [2.24, 2.45) is 11.3 Å². The maximum Gasteiger partial charge on any atom is 0.293 e. The molecule has 3 N–H and O–H groups in total. The molecule has 5 aromatic rings. The van der Waals surface area contributed by atoms with Crippen LogP contribution in [0.5, 0.6) is 11.5 Å². The lowest BCUT2D eigenvalue weighted by atomic mass is 9.72. The van der Waals surface area contributed by atoms with Crippen LogP contribution < -0.4 is 19.7 Å². The fourth-order valence-corrected chi connectivity index (χ4v) is 9.39. The highest BCUT2D eigenvalue weighted by atomic mass is 35.5. The number of H-pyrrole nitrogens is 1. The van der Waals surface area contributed by atoms with Crippen LogP contribution in [-0.2, 0) is 14.6 Å². The van der Waals surface area contributed by atoms with Crippen LogP contribution in [0.15, 0.2) is 95.7 Å². The third-order valence-corrected chi connectivity index (χ3v) is 13.2. The molecule has 326 valence electrons. The molecule has 3 aliphatic rings. The number of amides is 1. The van der Waals surface area contributed by atoms with Crippen molar-refractivity contribution >= 4 is 63.1 Å². The van der Waals surface area contributed by atoms with Crippen molar-refractivity contribution in [3.8, 4) is 11.5 Å². The summed E-state index contributed by atoms with van der Waals surface area (Å²) in [7, 11) is 1.57. The summed E-state index contributed by atoms with van der Waals surface area (Å²) in [5.41, 5.74) is 6.40. The van der Waals surface area contributed by atoms with Gasteiger partial charge < -0.3 is 24.7 Å². The fraction of sp³-hybridized carbons (Fsp3) is 0.391. The Morgan fingerprint density at radius 1 is 1.08 bits per heavy atom. The van der Waals surface area contributed by atoms with Crippen LogP contribution in [0.1, 0.15) is 61.9 Å². The van der Waals surface area contributed by atoms with E-state index in [0.29, 0.717) is 90.7 Å². The predicted octanol–water partition coefficient (Wildman–Crippen LogP) is 9.99. The van der Waals surface area contributed by atoms with Crippen molar-refractivity contribution < 1.29 is 33.7 Å². The van der Waals surface area contributed by atoms with Crippen molar-refractivity contribution in [3.63, 3.8) is 0 Å². The van der Waals surface area contributed by atoms with Gasteiger partial charge in [0, 0.05) is 59.1 Å². The molecule has 62 heavy (non-hydrogen) atoms. The Hall–Kier alpha value is -5.16. The summed E-state index contributed by atoms with van der Waals surface area (Å²) < 4.78 is 15.1. The lowest BCUT2D eigenvalue weighted by Crippen LogP contribution is -2.60. The number of aromatic nitrogens is 2. The first-order valence-electron chi connectivity index (χ1n) is 21.1. The van der Waals surface area contributed by atoms with E-state index >= 15 is 0 Å². The zero-order chi connectivity index (χ0) is 43.3. The first-order valence-corrected chi connectivity index (χ1v) is 22.3. The molecular formula is C46H53ClN7O7S+. The van der Waals surface area contributed by atoms with Crippen LogP contribution in [0.2, 0.25) is 5.02 Å². The molecule has 1 aliphatic carbocycles. The number of anilines is 2. The van der Waals surface area contributed by atoms with Crippen LogP contribution >= 0.6 is 23.5 Å². The van der Waals surface area contributed by atoms with Gasteiger partial charge in [-0.15, -0.1) is 4.65 Å². The summed E-state index contributed by atoms with van der Waals surface area (Å²) in [5, 5.41) is 16.9. The van der Waals surface area contributed by atoms with Gasteiger partial charge in [0.05, 0.1) is 36.9 Å². The standard InChI is InChI=1S/C46H52ClN7O7S/c1-46(2)16-12-34(40(27-46)32-4-6-35(47)7-5-32)30-54(61-58-3)20-18-52(19-21-54)36-8-10-39(43(25-36)60-37-24-33-13-17-48-44(33)50-29-37)45(55)51-62-38-9-11-41(42(26-38)53(56)57)49-28-31-14-22-59-23-15-31/h4-11,13,17,24-26,29,31,49H,12,14-16,18-23,27-28,30H2,1-3H3,(H-,48,50,51,55)/p+1. The molecule has 4 heterocycles. The number of halogens is 1. The molecule has 8 rings (SSSR count). The Bertz CT molecular complexity index is 2430. The van der Waals surface area contributed by atoms with Gasteiger partial charge in [-0.2, -0.15) is 4.89 Å². The third kappa shape index (κ3) is 10.4. The minimum absolute atomic E-state index is 0.0567. The number of piperazine rings is 1. The molecule has 0 spiro atoms. The smallest absolute Gasteiger partial charge is 0.293 e. The second-order valence-corrected chi connectivity index (χ2v) is 18.4. The maximum absolute atomic E-state index is 13.9. The highest BCUT2D eigenvalue weighted by Gasteiger charge is 2.40. The van der Waals surface area contributed by atoms with E-state index in [0.717, 1.165) is 65.8 Å². The number of carbonyl (C=O) groups is 1. The maximum atomic E-state index is 13.9. The molecule has 0 unspecified atom stereocenters. The minimum Gasteiger partial charge on any atom is -0.455 e. The third-order valence-electron chi connectivity index (χ3n) is 12.2. The fourth-order valence-electron chi connectivity index (χ4n) is 8.64. The number of quaternary nitrogens is 1. The first kappa shape index (κ1) is 43.5. The van der Waals surface area contributed by atoms with Crippen molar-refractivity contribution in [2.45, 2.75) is 50.8 Å². The van der Waals surface area contributed by atoms with E-state index in [-0.39, 0.29) is 11.1 Å². The minimum atomic E-state index is -0.417. The predicted molar refractivity (Wildman–Crippen MR) is 242 cm³/mol. The van der Waals surface area contributed by atoms with Crippen molar-refractivity contribution in [1.29, 1.82) is 0 Å². The van der Waals surface area contributed by atoms with Gasteiger partial charge in [-0.25, -0.2) is 4.98 Å². The number of pyridine rings is 1. The number of allylic oxidation sites excluding steroid dienone is 1. The second kappa shape index (κ2) is 19.1. The molecular weight excluding hydrogens is 830 g/mol. The number of hydrogen-bond donors (Lipinski definition) is 3. The number of hydrogen-bond acceptors (Lipinski definition) is 11. The summed E-state index contributed by atoms with van der Waals surface area (Å²) in [6, 6.07) is 22.4. The second-order valence-electron chi connectivity index (χ2n) is 17.1. The van der Waals surface area contributed by atoms with E-state index in [2.05, 4.69) is 50.9 Å². The number of ether oxygens (including phenoxy) is 2. The summed E-state index contributed by atoms with van der Waals surface area (Å²) in [6.07, 6.45) is 8.29. The molecule has 0 atom stereocenters. The van der Waals surface area contributed by atoms with Gasteiger partial charge in [0.2, 0.25) is 0 Å². The van der Waals surface area contributed by atoms with Gasteiger partial charge >= 0.3 is 0 Å². The topological polar surface area (TPSA) is 153 Å². The average molecular weight is 883 g/mol. The number of benzene rings is 3. The Balaban J connectivity index is 1.00. The van der Waals surface area contributed by atoms with Gasteiger partial charge in [0.15, 0.2) is 0 Å². The molecule has 0 saturated carbocycles. The summed E-state index contributed by atoms with van der Waals surface area (Å²) >= 11 is 7.29. The van der Waals surface area contributed by atoms with Gasteiger partial charge in [0.1, 0.15) is 42.5 Å². The van der Waals surface area contributed by atoms with Crippen molar-refractivity contribution in [3.05, 3.63) is 117 Å². The zero-order valence-corrected chi connectivity index (χ0v) is 36.9. The molecule has 14 nitrogen and oxygen atoms in total. The van der Waals surface area contributed by atoms with Crippen LogP contribution in [0.3, 0.4) is 0 Å². The molecule has 2 fully saturated rings. The number of nitrogens with zero attached hydrogens (tertiary/aromatic N) is 4. The van der Waals surface area contributed by atoms with Crippen LogP contribution in [0, 0.1) is 21.4 Å². The zero-order valence-electron chi connectivity index (χ0n) is 35.3. The van der Waals surface area contributed by atoms with E-state index in [1.54, 1.807) is 31.5 Å². The van der Waals surface area contributed by atoms with Crippen LogP contribution in [0.4, 0.5) is 17.1 Å². The number of nitro benzene ring substituents is 1. The van der Waals surface area contributed by atoms with E-state index in [1.807, 2.05) is 42.6 Å². The molecule has 0 bridgehead atoms. The average Bonchev–Trinajstić information content (AvgIpc) is 3.75. The van der Waals surface area contributed by atoms with E-state index < -0.39 is 10.8 Å². The van der Waals surface area contributed by atoms with Gasteiger partial charge in [-0.1, -0.05) is 37.6 Å². The van der Waals surface area contributed by atoms with Crippen molar-refractivity contribution in [2.75, 3.05) is 69.8 Å².